The normalized spacial score (nSPS) is 14.2. The SMILES string of the molecule is Cc1ccc(CC2Nc3c(C#Cc4ccccc4)nc(-c4ccc(O)cc4)c[n+]3C2=O)cc1. The van der Waals surface area contributed by atoms with E-state index < -0.39 is 6.04 Å². The second-order valence-electron chi connectivity index (χ2n) is 8.08. The third kappa shape index (κ3) is 4.32. The van der Waals surface area contributed by atoms with Gasteiger partial charge < -0.3 is 5.11 Å². The van der Waals surface area contributed by atoms with Gasteiger partial charge in [0.15, 0.2) is 6.04 Å². The minimum absolute atomic E-state index is 0.0456. The number of phenolic OH excluding ortho intramolecular Hbond substituents is 1. The fourth-order valence-electron chi connectivity index (χ4n) is 3.82. The number of aryl methyl sites for hydroxylation is 1. The van der Waals surface area contributed by atoms with E-state index in [1.165, 1.54) is 5.56 Å². The Morgan fingerprint density at radius 1 is 0.970 bits per heavy atom. The van der Waals surface area contributed by atoms with Crippen LogP contribution >= 0.6 is 0 Å². The number of nitrogens with zero attached hydrogens (tertiary/aromatic N) is 2. The van der Waals surface area contributed by atoms with Crippen LogP contribution in [0.3, 0.4) is 0 Å². The second kappa shape index (κ2) is 8.60. The summed E-state index contributed by atoms with van der Waals surface area (Å²) in [7, 11) is 0. The van der Waals surface area contributed by atoms with Gasteiger partial charge in [-0.3, -0.25) is 5.32 Å². The third-order valence-corrected chi connectivity index (χ3v) is 5.62. The number of fused-ring (bicyclic) bond motifs is 1. The van der Waals surface area contributed by atoms with Gasteiger partial charge in [0.25, 0.3) is 0 Å². The van der Waals surface area contributed by atoms with Crippen molar-refractivity contribution in [3.05, 3.63) is 107 Å². The molecule has 0 aliphatic carbocycles. The molecule has 4 aromatic rings. The van der Waals surface area contributed by atoms with Crippen LogP contribution in [0.5, 0.6) is 5.75 Å². The van der Waals surface area contributed by atoms with E-state index in [1.54, 1.807) is 35.0 Å². The molecule has 5 heteroatoms. The highest BCUT2D eigenvalue weighted by molar-refractivity contribution is 5.83. The molecular formula is C28H22N3O2+. The van der Waals surface area contributed by atoms with E-state index >= 15 is 0 Å². The Morgan fingerprint density at radius 2 is 1.70 bits per heavy atom. The molecule has 3 aromatic carbocycles. The summed E-state index contributed by atoms with van der Waals surface area (Å²) in [5.41, 5.74) is 5.05. The molecule has 160 valence electrons. The monoisotopic (exact) mass is 432 g/mol. The van der Waals surface area contributed by atoms with Crippen molar-refractivity contribution in [1.29, 1.82) is 0 Å². The van der Waals surface area contributed by atoms with E-state index in [-0.39, 0.29) is 11.7 Å². The smallest absolute Gasteiger partial charge is 0.359 e. The molecule has 2 N–H and O–H groups in total. The molecule has 33 heavy (non-hydrogen) atoms. The topological polar surface area (TPSA) is 66.1 Å². The van der Waals surface area contributed by atoms with Crippen LogP contribution in [0.25, 0.3) is 11.3 Å². The molecule has 0 spiro atoms. The van der Waals surface area contributed by atoms with Crippen LogP contribution < -0.4 is 9.88 Å². The second-order valence-corrected chi connectivity index (χ2v) is 8.08. The number of aromatic nitrogens is 2. The van der Waals surface area contributed by atoms with Crippen LogP contribution in [0.4, 0.5) is 5.82 Å². The van der Waals surface area contributed by atoms with E-state index in [0.29, 0.717) is 23.6 Å². The molecule has 2 heterocycles. The maximum atomic E-state index is 13.3. The van der Waals surface area contributed by atoms with Gasteiger partial charge in [0.1, 0.15) is 17.6 Å². The molecule has 0 saturated carbocycles. The van der Waals surface area contributed by atoms with Crippen molar-refractivity contribution in [1.82, 2.24) is 4.98 Å². The lowest BCUT2D eigenvalue weighted by Gasteiger charge is -2.04. The molecule has 1 aromatic heterocycles. The number of rotatable bonds is 3. The highest BCUT2D eigenvalue weighted by Gasteiger charge is 2.41. The van der Waals surface area contributed by atoms with Gasteiger partial charge in [-0.25, -0.2) is 9.78 Å². The van der Waals surface area contributed by atoms with Crippen LogP contribution in [0, 0.1) is 18.8 Å². The average molecular weight is 433 g/mol. The zero-order chi connectivity index (χ0) is 22.8. The lowest BCUT2D eigenvalue weighted by molar-refractivity contribution is -0.552. The number of hydrogen-bond donors (Lipinski definition) is 2. The van der Waals surface area contributed by atoms with Crippen LogP contribution in [0.2, 0.25) is 0 Å². The van der Waals surface area contributed by atoms with E-state index in [1.807, 2.05) is 49.4 Å². The molecule has 1 aliphatic rings. The Bertz CT molecular complexity index is 1380. The molecule has 0 fully saturated rings. The van der Waals surface area contributed by atoms with Crippen LogP contribution in [-0.2, 0) is 6.42 Å². The van der Waals surface area contributed by atoms with Gasteiger partial charge in [-0.2, -0.15) is 4.57 Å². The van der Waals surface area contributed by atoms with Crippen LogP contribution in [0.15, 0.2) is 85.1 Å². The number of carbonyl (C=O) groups excluding carboxylic acids is 1. The molecule has 1 atom stereocenters. The fourth-order valence-corrected chi connectivity index (χ4v) is 3.82. The van der Waals surface area contributed by atoms with E-state index in [4.69, 9.17) is 4.98 Å². The lowest BCUT2D eigenvalue weighted by Crippen LogP contribution is -2.44. The number of phenols is 1. The molecule has 1 aliphatic heterocycles. The van der Waals surface area contributed by atoms with Gasteiger partial charge in [-0.1, -0.05) is 53.9 Å². The fraction of sp³-hybridized carbons (Fsp3) is 0.107. The maximum absolute atomic E-state index is 13.3. The number of benzene rings is 3. The zero-order valence-corrected chi connectivity index (χ0v) is 18.1. The molecule has 0 radical (unpaired) electrons. The number of anilines is 1. The highest BCUT2D eigenvalue weighted by atomic mass is 16.3. The van der Waals surface area contributed by atoms with Gasteiger partial charge in [0.05, 0.1) is 0 Å². The number of hydrogen-bond acceptors (Lipinski definition) is 4. The summed E-state index contributed by atoms with van der Waals surface area (Å²) in [5.74, 6) is 7.02. The standard InChI is InChI=1S/C28H21N3O2/c1-19-7-9-21(10-8-19)17-25-28(33)31-18-26(22-12-14-23(32)15-13-22)29-24(27(31)30-25)16-11-20-5-3-2-4-6-20/h2-10,12-15,18,25,32H,17H2,1H3/p+1. The Morgan fingerprint density at radius 3 is 2.42 bits per heavy atom. The molecule has 0 amide bonds. The van der Waals surface area contributed by atoms with Gasteiger partial charge >= 0.3 is 11.7 Å². The van der Waals surface area contributed by atoms with Crippen molar-refractivity contribution in [3.8, 4) is 28.8 Å². The van der Waals surface area contributed by atoms with Crippen molar-refractivity contribution in [3.63, 3.8) is 0 Å². The Kier molecular flexibility index (Phi) is 5.34. The Balaban J connectivity index is 1.55. The quantitative estimate of drug-likeness (QED) is 0.377. The summed E-state index contributed by atoms with van der Waals surface area (Å²) < 4.78 is 1.61. The average Bonchev–Trinajstić information content (AvgIpc) is 3.15. The summed E-state index contributed by atoms with van der Waals surface area (Å²) >= 11 is 0. The minimum atomic E-state index is -0.401. The van der Waals surface area contributed by atoms with E-state index in [2.05, 4.69) is 29.3 Å². The maximum Gasteiger partial charge on any atom is 0.359 e. The predicted octanol–water partition coefficient (Wildman–Crippen LogP) is 4.13. The Labute approximate surface area is 192 Å². The number of carbonyl (C=O) groups is 1. The van der Waals surface area contributed by atoms with Gasteiger partial charge in [-0.05, 0) is 54.8 Å². The first-order valence-corrected chi connectivity index (χ1v) is 10.8. The van der Waals surface area contributed by atoms with Gasteiger partial charge in [0, 0.05) is 17.5 Å². The summed E-state index contributed by atoms with van der Waals surface area (Å²) in [5, 5.41) is 13.0. The lowest BCUT2D eigenvalue weighted by atomic mass is 10.0. The molecule has 5 nitrogen and oxygen atoms in total. The van der Waals surface area contributed by atoms with Crippen molar-refractivity contribution in [2.24, 2.45) is 0 Å². The van der Waals surface area contributed by atoms with E-state index in [0.717, 1.165) is 16.7 Å². The van der Waals surface area contributed by atoms with Crippen molar-refractivity contribution in [2.75, 3.05) is 5.32 Å². The van der Waals surface area contributed by atoms with Gasteiger partial charge in [0.2, 0.25) is 5.69 Å². The molecular weight excluding hydrogens is 410 g/mol. The Hall–Kier alpha value is -4.43. The minimum Gasteiger partial charge on any atom is -0.508 e. The van der Waals surface area contributed by atoms with Crippen molar-refractivity contribution >= 4 is 11.7 Å². The highest BCUT2D eigenvalue weighted by Crippen LogP contribution is 2.24. The third-order valence-electron chi connectivity index (χ3n) is 5.62. The first-order chi connectivity index (χ1) is 16.1. The van der Waals surface area contributed by atoms with E-state index in [9.17, 15) is 9.90 Å². The predicted molar refractivity (Wildman–Crippen MR) is 127 cm³/mol. The largest absolute Gasteiger partial charge is 0.508 e. The van der Waals surface area contributed by atoms with Crippen molar-refractivity contribution in [2.45, 2.75) is 19.4 Å². The molecule has 0 saturated heterocycles. The van der Waals surface area contributed by atoms with Crippen LogP contribution in [0.1, 0.15) is 27.2 Å². The summed E-state index contributed by atoms with van der Waals surface area (Å²) in [4.78, 5) is 18.1. The molecule has 5 rings (SSSR count). The summed E-state index contributed by atoms with van der Waals surface area (Å²) in [6, 6.07) is 24.2. The molecule has 1 unspecified atom stereocenters. The summed E-state index contributed by atoms with van der Waals surface area (Å²) in [6.45, 7) is 2.04. The first-order valence-electron chi connectivity index (χ1n) is 10.8. The summed E-state index contributed by atoms with van der Waals surface area (Å²) in [6.07, 6.45) is 2.31. The number of aromatic hydroxyl groups is 1. The first kappa shape index (κ1) is 20.5. The molecule has 0 bridgehead atoms. The van der Waals surface area contributed by atoms with Crippen LogP contribution in [-0.4, -0.2) is 22.0 Å². The van der Waals surface area contributed by atoms with Crippen molar-refractivity contribution < 1.29 is 14.5 Å². The zero-order valence-electron chi connectivity index (χ0n) is 18.1. The number of nitrogens with one attached hydrogen (secondary N) is 1. The van der Waals surface area contributed by atoms with Gasteiger partial charge in [-0.15, -0.1) is 0 Å².